The molecule has 1 N–H and O–H groups in total. The number of carbonyl (C=O) groups is 2. The first-order valence-corrected chi connectivity index (χ1v) is 11.3. The lowest BCUT2D eigenvalue weighted by atomic mass is 10.0. The summed E-state index contributed by atoms with van der Waals surface area (Å²) >= 11 is 12.3. The number of carbonyl (C=O) groups excluding carboxylic acids is 2. The Morgan fingerprint density at radius 2 is 1.44 bits per heavy atom. The lowest BCUT2D eigenvalue weighted by Gasteiger charge is -2.31. The number of hydrogen-bond donors (Lipinski definition) is 1. The van der Waals surface area contributed by atoms with E-state index in [1.165, 1.54) is 0 Å². The average molecular weight is 469 g/mol. The van der Waals surface area contributed by atoms with Gasteiger partial charge in [-0.05, 0) is 47.9 Å². The predicted molar refractivity (Wildman–Crippen MR) is 130 cm³/mol. The molecular weight excluding hydrogens is 443 g/mol. The zero-order valence-electron chi connectivity index (χ0n) is 17.9. The Hall–Kier alpha value is -2.82. The smallest absolute Gasteiger partial charge is 0.243 e. The monoisotopic (exact) mass is 468 g/mol. The largest absolute Gasteiger partial charge is 0.355 e. The molecular formula is C26H26Cl2N2O2. The first-order chi connectivity index (χ1) is 15.5. The lowest BCUT2D eigenvalue weighted by molar-refractivity contribution is -0.140. The van der Waals surface area contributed by atoms with Crippen LogP contribution in [0.5, 0.6) is 0 Å². The zero-order valence-corrected chi connectivity index (χ0v) is 19.4. The van der Waals surface area contributed by atoms with Crippen LogP contribution in [0.1, 0.15) is 23.6 Å². The van der Waals surface area contributed by atoms with E-state index >= 15 is 0 Å². The van der Waals surface area contributed by atoms with Crippen molar-refractivity contribution in [1.29, 1.82) is 0 Å². The van der Waals surface area contributed by atoms with Gasteiger partial charge in [0.05, 0.1) is 6.42 Å². The number of halogens is 2. The van der Waals surface area contributed by atoms with Gasteiger partial charge in [-0.1, -0.05) is 77.8 Å². The maximum absolute atomic E-state index is 13.5. The van der Waals surface area contributed by atoms with Crippen LogP contribution in [0.15, 0.2) is 78.9 Å². The second-order valence-corrected chi connectivity index (χ2v) is 8.43. The number of nitrogens with zero attached hydrogens (tertiary/aromatic N) is 1. The second kappa shape index (κ2) is 11.7. The van der Waals surface area contributed by atoms with Gasteiger partial charge in [0.25, 0.3) is 0 Å². The fourth-order valence-corrected chi connectivity index (χ4v) is 4.03. The van der Waals surface area contributed by atoms with Crippen molar-refractivity contribution in [2.24, 2.45) is 0 Å². The van der Waals surface area contributed by atoms with Crippen LogP contribution in [-0.2, 0) is 29.0 Å². The summed E-state index contributed by atoms with van der Waals surface area (Å²) in [5, 5.41) is 4.05. The first kappa shape index (κ1) is 23.8. The molecule has 0 saturated carbocycles. The third-order valence-corrected chi connectivity index (χ3v) is 5.58. The van der Waals surface area contributed by atoms with Crippen molar-refractivity contribution >= 4 is 35.0 Å². The Bertz CT molecular complexity index is 1060. The van der Waals surface area contributed by atoms with E-state index in [1.807, 2.05) is 67.6 Å². The molecule has 0 aliphatic heterocycles. The standard InChI is InChI=1S/C26H26Cl2N2O2/c1-2-29-26(32)24(16-19-8-4-3-5-9-19)30(18-21-11-7-13-23(28)15-21)25(31)17-20-10-6-12-22(27)14-20/h3-15,24H,2,16-18H2,1H3,(H,29,32). The van der Waals surface area contributed by atoms with Gasteiger partial charge < -0.3 is 10.2 Å². The lowest BCUT2D eigenvalue weighted by Crippen LogP contribution is -2.50. The summed E-state index contributed by atoms with van der Waals surface area (Å²) < 4.78 is 0. The van der Waals surface area contributed by atoms with Crippen LogP contribution < -0.4 is 5.32 Å². The molecule has 0 aliphatic rings. The number of hydrogen-bond acceptors (Lipinski definition) is 2. The van der Waals surface area contributed by atoms with Crippen molar-refractivity contribution in [3.8, 4) is 0 Å². The molecule has 0 saturated heterocycles. The highest BCUT2D eigenvalue weighted by molar-refractivity contribution is 6.30. The molecule has 3 aromatic rings. The molecule has 0 aromatic heterocycles. The van der Waals surface area contributed by atoms with Crippen LogP contribution in [0.3, 0.4) is 0 Å². The Kier molecular flexibility index (Phi) is 8.72. The van der Waals surface area contributed by atoms with Gasteiger partial charge in [-0.15, -0.1) is 0 Å². The molecule has 0 aliphatic carbocycles. The normalized spacial score (nSPS) is 11.6. The topological polar surface area (TPSA) is 49.4 Å². The van der Waals surface area contributed by atoms with E-state index in [-0.39, 0.29) is 24.8 Å². The molecule has 3 rings (SSSR count). The molecule has 3 aromatic carbocycles. The molecule has 0 bridgehead atoms. The SMILES string of the molecule is CCNC(=O)C(Cc1ccccc1)N(Cc1cccc(Cl)c1)C(=O)Cc1cccc(Cl)c1. The summed E-state index contributed by atoms with van der Waals surface area (Å²) in [6, 6.07) is 23.6. The van der Waals surface area contributed by atoms with E-state index in [1.54, 1.807) is 23.1 Å². The van der Waals surface area contributed by atoms with Gasteiger partial charge in [-0.3, -0.25) is 9.59 Å². The summed E-state index contributed by atoms with van der Waals surface area (Å²) in [5.74, 6) is -0.336. The fraction of sp³-hybridized carbons (Fsp3) is 0.231. The second-order valence-electron chi connectivity index (χ2n) is 7.56. The predicted octanol–water partition coefficient (Wildman–Crippen LogP) is 5.31. The molecule has 4 nitrogen and oxygen atoms in total. The van der Waals surface area contributed by atoms with Gasteiger partial charge >= 0.3 is 0 Å². The molecule has 0 radical (unpaired) electrons. The van der Waals surface area contributed by atoms with Crippen LogP contribution >= 0.6 is 23.2 Å². The molecule has 1 unspecified atom stereocenters. The number of amides is 2. The van der Waals surface area contributed by atoms with E-state index in [4.69, 9.17) is 23.2 Å². The Labute approximate surface area is 199 Å². The van der Waals surface area contributed by atoms with Crippen molar-refractivity contribution < 1.29 is 9.59 Å². The Balaban J connectivity index is 1.95. The van der Waals surface area contributed by atoms with Crippen LogP contribution in [0.4, 0.5) is 0 Å². The first-order valence-electron chi connectivity index (χ1n) is 10.6. The molecule has 1 atom stereocenters. The number of benzene rings is 3. The molecule has 2 amide bonds. The van der Waals surface area contributed by atoms with Crippen molar-refractivity contribution in [2.45, 2.75) is 32.4 Å². The van der Waals surface area contributed by atoms with Gasteiger partial charge in [0, 0.05) is 29.6 Å². The molecule has 6 heteroatoms. The Morgan fingerprint density at radius 3 is 2.06 bits per heavy atom. The Morgan fingerprint density at radius 1 is 0.844 bits per heavy atom. The van der Waals surface area contributed by atoms with Crippen molar-refractivity contribution in [2.75, 3.05) is 6.54 Å². The van der Waals surface area contributed by atoms with E-state index in [0.29, 0.717) is 23.0 Å². The van der Waals surface area contributed by atoms with E-state index in [0.717, 1.165) is 16.7 Å². The van der Waals surface area contributed by atoms with E-state index in [2.05, 4.69) is 5.32 Å². The van der Waals surface area contributed by atoms with E-state index in [9.17, 15) is 9.59 Å². The van der Waals surface area contributed by atoms with Gasteiger partial charge in [0.15, 0.2) is 0 Å². The minimum atomic E-state index is -0.664. The minimum Gasteiger partial charge on any atom is -0.355 e. The quantitative estimate of drug-likeness (QED) is 0.462. The van der Waals surface area contributed by atoms with Crippen LogP contribution in [-0.4, -0.2) is 29.3 Å². The maximum atomic E-state index is 13.5. The third-order valence-electron chi connectivity index (χ3n) is 5.11. The van der Waals surface area contributed by atoms with Gasteiger partial charge in [-0.2, -0.15) is 0 Å². The van der Waals surface area contributed by atoms with E-state index < -0.39 is 6.04 Å². The maximum Gasteiger partial charge on any atom is 0.243 e. The highest BCUT2D eigenvalue weighted by Gasteiger charge is 2.30. The van der Waals surface area contributed by atoms with Crippen molar-refractivity contribution in [1.82, 2.24) is 10.2 Å². The molecule has 0 spiro atoms. The highest BCUT2D eigenvalue weighted by Crippen LogP contribution is 2.19. The van der Waals surface area contributed by atoms with Crippen molar-refractivity contribution in [3.05, 3.63) is 106 Å². The molecule has 0 fully saturated rings. The van der Waals surface area contributed by atoms with Gasteiger partial charge in [0.1, 0.15) is 6.04 Å². The summed E-state index contributed by atoms with van der Waals surface area (Å²) in [5.41, 5.74) is 2.64. The van der Waals surface area contributed by atoms with Crippen LogP contribution in [0.25, 0.3) is 0 Å². The minimum absolute atomic E-state index is 0.145. The summed E-state index contributed by atoms with van der Waals surface area (Å²) in [7, 11) is 0. The summed E-state index contributed by atoms with van der Waals surface area (Å²) in [6.45, 7) is 2.62. The highest BCUT2D eigenvalue weighted by atomic mass is 35.5. The van der Waals surface area contributed by atoms with Crippen molar-refractivity contribution in [3.63, 3.8) is 0 Å². The van der Waals surface area contributed by atoms with Crippen LogP contribution in [0.2, 0.25) is 10.0 Å². The van der Waals surface area contributed by atoms with Gasteiger partial charge in [0.2, 0.25) is 11.8 Å². The summed E-state index contributed by atoms with van der Waals surface area (Å²) in [6.07, 6.45) is 0.556. The molecule has 0 heterocycles. The van der Waals surface area contributed by atoms with Crippen LogP contribution in [0, 0.1) is 0 Å². The number of nitrogens with one attached hydrogen (secondary N) is 1. The average Bonchev–Trinajstić information content (AvgIpc) is 2.77. The fourth-order valence-electron chi connectivity index (χ4n) is 3.60. The van der Waals surface area contributed by atoms with Gasteiger partial charge in [-0.25, -0.2) is 0 Å². The number of rotatable bonds is 9. The third kappa shape index (κ3) is 6.84. The molecule has 32 heavy (non-hydrogen) atoms. The zero-order chi connectivity index (χ0) is 22.9. The summed E-state index contributed by atoms with van der Waals surface area (Å²) in [4.78, 5) is 28.3. The number of likely N-dealkylation sites (N-methyl/N-ethyl adjacent to an activating group) is 1. The molecule has 166 valence electrons.